The van der Waals surface area contributed by atoms with Crippen LogP contribution in [-0.4, -0.2) is 29.6 Å². The Bertz CT molecular complexity index is 20.6. The molecule has 13 heavy (non-hydrogen) atoms. The second kappa shape index (κ2) is 3980. The molecule has 0 heterocycles. The molecular weight excluding hydrogens is 167 g/mol. The van der Waals surface area contributed by atoms with E-state index in [0.29, 0.717) is 0 Å². The third kappa shape index (κ3) is 3250. The second-order valence-corrected chi connectivity index (χ2v) is 0. The van der Waals surface area contributed by atoms with E-state index < -0.39 is 0 Å². The predicted octanol–water partition coefficient (Wildman–Crippen LogP) is 4.16. The van der Waals surface area contributed by atoms with Crippen molar-refractivity contribution in [3.8, 4) is 0 Å². The van der Waals surface area contributed by atoms with Crippen molar-refractivity contribution in [2.45, 2.75) is 0 Å². The average Bonchev–Trinajstić information content (AvgIpc) is 2.33. The molecule has 0 nitrogen and oxygen atoms in total. The molecule has 0 aromatic carbocycles. The van der Waals surface area contributed by atoms with Gasteiger partial charge in [0, 0.05) is 0 Å². The molecule has 0 aromatic rings. The van der Waals surface area contributed by atoms with Crippen LogP contribution in [0.5, 0.6) is 0 Å². The minimum absolute atomic E-state index is 0. The molecule has 0 aliphatic carbocycles. The number of hydrogen-bond acceptors (Lipinski definition) is 0. The average molecular weight is 192 g/mol. The monoisotopic (exact) mass is 192 g/mol. The minimum atomic E-state index is 0. The molecular formula is C12H25Na. The zero-order valence-electron chi connectivity index (χ0n) is 8.49. The van der Waals surface area contributed by atoms with Crippen molar-refractivity contribution in [1.29, 1.82) is 0 Å². The first-order chi connectivity index (χ1) is 6.00. The topological polar surface area (TPSA) is 0 Å². The van der Waals surface area contributed by atoms with E-state index in [9.17, 15) is 0 Å². The molecule has 0 spiro atoms. The first-order valence-corrected chi connectivity index (χ1v) is 3.00. The van der Waals surface area contributed by atoms with Gasteiger partial charge < -0.3 is 0 Å². The van der Waals surface area contributed by atoms with Crippen molar-refractivity contribution < 1.29 is 0 Å². The fraction of sp³-hybridized carbons (Fsp3) is 0. The van der Waals surface area contributed by atoms with Gasteiger partial charge >= 0.3 is 29.6 Å². The Morgan fingerprint density at radius 2 is 0.231 bits per heavy atom. The Labute approximate surface area is 108 Å². The molecule has 0 aliphatic rings. The van der Waals surface area contributed by atoms with E-state index in [1.807, 2.05) is 0 Å². The van der Waals surface area contributed by atoms with Crippen LogP contribution in [0.2, 0.25) is 0 Å². The standard InChI is InChI=1S/6C2H4.Na.H/c6*1-2;;/h6*1-2H2;;. The van der Waals surface area contributed by atoms with E-state index in [1.54, 1.807) is 0 Å². The van der Waals surface area contributed by atoms with Crippen LogP contribution < -0.4 is 0 Å². The molecule has 0 fully saturated rings. The molecule has 0 saturated carbocycles. The molecule has 0 unspecified atom stereocenters. The quantitative estimate of drug-likeness (QED) is 0.399. The fourth-order valence-corrected chi connectivity index (χ4v) is 0. The van der Waals surface area contributed by atoms with Crippen LogP contribution in [0.1, 0.15) is 0 Å². The van der Waals surface area contributed by atoms with Crippen LogP contribution in [0.4, 0.5) is 0 Å². The third-order valence-electron chi connectivity index (χ3n) is 0. The summed E-state index contributed by atoms with van der Waals surface area (Å²) in [5, 5.41) is 0. The maximum absolute atomic E-state index is 3.00. The van der Waals surface area contributed by atoms with Gasteiger partial charge in [0.05, 0.1) is 0 Å². The predicted molar refractivity (Wildman–Crippen MR) is 74.7 cm³/mol. The van der Waals surface area contributed by atoms with Crippen LogP contribution in [0.3, 0.4) is 0 Å². The summed E-state index contributed by atoms with van der Waals surface area (Å²) in [4.78, 5) is 0. The van der Waals surface area contributed by atoms with Gasteiger partial charge in [0.15, 0.2) is 0 Å². The van der Waals surface area contributed by atoms with Gasteiger partial charge in [0.25, 0.3) is 0 Å². The Kier molecular flexibility index (Phi) is 16800. The van der Waals surface area contributed by atoms with Crippen LogP contribution >= 0.6 is 0 Å². The second-order valence-electron chi connectivity index (χ2n) is 0. The zero-order valence-corrected chi connectivity index (χ0v) is 8.49. The van der Waals surface area contributed by atoms with E-state index in [-0.39, 0.29) is 29.6 Å². The summed E-state index contributed by atoms with van der Waals surface area (Å²) < 4.78 is 0. The normalized spacial score (nSPS) is 1.85. The Hall–Kier alpha value is -0.560. The molecule has 0 saturated heterocycles. The molecule has 74 valence electrons. The van der Waals surface area contributed by atoms with Gasteiger partial charge in [-0.2, -0.15) is 0 Å². The molecule has 0 amide bonds. The van der Waals surface area contributed by atoms with Crippen molar-refractivity contribution >= 4 is 29.6 Å². The van der Waals surface area contributed by atoms with Crippen LogP contribution in [0, 0.1) is 0 Å². The van der Waals surface area contributed by atoms with Gasteiger partial charge in [-0.1, -0.05) is 0 Å². The van der Waals surface area contributed by atoms with Gasteiger partial charge in [-0.15, -0.1) is 78.9 Å². The number of rotatable bonds is 0. The third-order valence-corrected chi connectivity index (χ3v) is 0. The first-order valence-electron chi connectivity index (χ1n) is 3.00. The van der Waals surface area contributed by atoms with Crippen molar-refractivity contribution in [2.24, 2.45) is 0 Å². The summed E-state index contributed by atoms with van der Waals surface area (Å²) in [5.74, 6) is 0. The van der Waals surface area contributed by atoms with E-state index in [2.05, 4.69) is 78.9 Å². The van der Waals surface area contributed by atoms with Crippen LogP contribution in [0.25, 0.3) is 0 Å². The molecule has 0 atom stereocenters. The molecule has 0 N–H and O–H groups in total. The molecule has 0 aliphatic heterocycles. The van der Waals surface area contributed by atoms with Crippen molar-refractivity contribution in [3.63, 3.8) is 0 Å². The summed E-state index contributed by atoms with van der Waals surface area (Å²) in [7, 11) is 0. The molecule has 0 aromatic heterocycles. The molecule has 0 radical (unpaired) electrons. The molecule has 0 rings (SSSR count). The summed E-state index contributed by atoms with van der Waals surface area (Å²) in [6.07, 6.45) is 0. The molecule has 0 bridgehead atoms. The first kappa shape index (κ1) is 55.0. The SMILES string of the molecule is C=C.C=C.C=C.C=C.C=C.C=C.[NaH]. The zero-order chi connectivity index (χ0) is 12.0. The van der Waals surface area contributed by atoms with Crippen molar-refractivity contribution in [3.05, 3.63) is 78.9 Å². The van der Waals surface area contributed by atoms with Gasteiger partial charge in [0.1, 0.15) is 0 Å². The number of hydrogen-bond donors (Lipinski definition) is 0. The van der Waals surface area contributed by atoms with Gasteiger partial charge in [0.2, 0.25) is 0 Å². The van der Waals surface area contributed by atoms with E-state index in [0.717, 1.165) is 0 Å². The Balaban J connectivity index is -0.00000000655. The van der Waals surface area contributed by atoms with E-state index >= 15 is 0 Å². The molecule has 1 heteroatoms. The van der Waals surface area contributed by atoms with Crippen LogP contribution in [-0.2, 0) is 0 Å². The van der Waals surface area contributed by atoms with Gasteiger partial charge in [-0.25, -0.2) is 0 Å². The van der Waals surface area contributed by atoms with E-state index in [1.165, 1.54) is 0 Å². The maximum atomic E-state index is 3.00. The van der Waals surface area contributed by atoms with Crippen LogP contribution in [0.15, 0.2) is 78.9 Å². The van der Waals surface area contributed by atoms with E-state index in [4.69, 9.17) is 0 Å². The van der Waals surface area contributed by atoms with Gasteiger partial charge in [-0.05, 0) is 0 Å². The summed E-state index contributed by atoms with van der Waals surface area (Å²) in [5.41, 5.74) is 0. The van der Waals surface area contributed by atoms with Crippen molar-refractivity contribution in [1.82, 2.24) is 0 Å². The van der Waals surface area contributed by atoms with Crippen molar-refractivity contribution in [2.75, 3.05) is 0 Å². The van der Waals surface area contributed by atoms with Gasteiger partial charge in [-0.3, -0.25) is 0 Å². The summed E-state index contributed by atoms with van der Waals surface area (Å²) in [6, 6.07) is 0. The Morgan fingerprint density at radius 1 is 0.231 bits per heavy atom. The summed E-state index contributed by atoms with van der Waals surface area (Å²) in [6.45, 7) is 36.0. The summed E-state index contributed by atoms with van der Waals surface area (Å²) >= 11 is 0. The fourth-order valence-electron chi connectivity index (χ4n) is 0. The Morgan fingerprint density at radius 3 is 0.231 bits per heavy atom.